The molecule has 1 N–H and O–H groups in total. The number of nitrogens with one attached hydrogen (secondary N) is 1. The molecule has 0 aromatic rings. The van der Waals surface area contributed by atoms with Gasteiger partial charge in [0, 0.05) is 6.04 Å². The Kier molecular flexibility index (Phi) is 2.95. The molecule has 1 heterocycles. The lowest BCUT2D eigenvalue weighted by Crippen LogP contribution is -2.70. The lowest BCUT2D eigenvalue weighted by atomic mass is 9.87. The summed E-state index contributed by atoms with van der Waals surface area (Å²) >= 11 is 0. The van der Waals surface area contributed by atoms with Gasteiger partial charge in [0.05, 0.1) is 0 Å². The van der Waals surface area contributed by atoms with Gasteiger partial charge in [-0.25, -0.2) is 0 Å². The molecular weight excluding hydrogens is 228 g/mol. The summed E-state index contributed by atoms with van der Waals surface area (Å²) in [7, 11) is 0. The molecule has 2 unspecified atom stereocenters. The Morgan fingerprint density at radius 2 is 1.78 bits per heavy atom. The fourth-order valence-corrected chi connectivity index (χ4v) is 3.00. The third kappa shape index (κ3) is 1.73. The Labute approximate surface area is 109 Å². The van der Waals surface area contributed by atoms with Crippen molar-refractivity contribution in [3.8, 4) is 0 Å². The number of carbonyl (C=O) groups is 2. The molecule has 2 atom stereocenters. The minimum absolute atomic E-state index is 0.0130. The summed E-state index contributed by atoms with van der Waals surface area (Å²) in [5.74, 6) is 0.0937. The van der Waals surface area contributed by atoms with E-state index >= 15 is 0 Å². The van der Waals surface area contributed by atoms with Crippen molar-refractivity contribution in [3.63, 3.8) is 0 Å². The van der Waals surface area contributed by atoms with Crippen LogP contribution in [0.15, 0.2) is 0 Å². The topological polar surface area (TPSA) is 49.4 Å². The number of nitrogens with zero attached hydrogens (tertiary/aromatic N) is 1. The highest BCUT2D eigenvalue weighted by Crippen LogP contribution is 2.50. The van der Waals surface area contributed by atoms with Gasteiger partial charge in [-0.2, -0.15) is 0 Å². The molecule has 0 aromatic heterocycles. The Balaban J connectivity index is 2.32. The summed E-state index contributed by atoms with van der Waals surface area (Å²) in [5.41, 5.74) is -0.517. The quantitative estimate of drug-likeness (QED) is 0.831. The van der Waals surface area contributed by atoms with Crippen LogP contribution in [0.5, 0.6) is 0 Å². The van der Waals surface area contributed by atoms with Gasteiger partial charge < -0.3 is 10.2 Å². The van der Waals surface area contributed by atoms with Crippen molar-refractivity contribution < 1.29 is 9.59 Å². The number of piperazine rings is 1. The van der Waals surface area contributed by atoms with Crippen LogP contribution in [0.1, 0.15) is 53.9 Å². The highest BCUT2D eigenvalue weighted by atomic mass is 16.2. The van der Waals surface area contributed by atoms with Crippen molar-refractivity contribution in [2.75, 3.05) is 0 Å². The Morgan fingerprint density at radius 1 is 1.28 bits per heavy atom. The first kappa shape index (κ1) is 13.4. The zero-order chi connectivity index (χ0) is 13.7. The van der Waals surface area contributed by atoms with E-state index in [0.29, 0.717) is 12.8 Å². The van der Waals surface area contributed by atoms with Crippen LogP contribution in [0.2, 0.25) is 0 Å². The van der Waals surface area contributed by atoms with Crippen LogP contribution in [-0.2, 0) is 9.59 Å². The fourth-order valence-electron chi connectivity index (χ4n) is 3.00. The Hall–Kier alpha value is -1.06. The summed E-state index contributed by atoms with van der Waals surface area (Å²) in [6.45, 7) is 10.1. The first-order valence-corrected chi connectivity index (χ1v) is 6.94. The van der Waals surface area contributed by atoms with Gasteiger partial charge in [-0.3, -0.25) is 9.59 Å². The molecule has 1 aliphatic heterocycles. The maximum atomic E-state index is 12.7. The van der Waals surface area contributed by atoms with Gasteiger partial charge in [0.15, 0.2) is 0 Å². The second kappa shape index (κ2) is 3.97. The average molecular weight is 252 g/mol. The molecule has 1 saturated heterocycles. The largest absolute Gasteiger partial charge is 0.340 e. The molecule has 2 amide bonds. The zero-order valence-electron chi connectivity index (χ0n) is 12.0. The van der Waals surface area contributed by atoms with E-state index in [9.17, 15) is 9.59 Å². The number of amides is 2. The van der Waals surface area contributed by atoms with Crippen molar-refractivity contribution >= 4 is 11.8 Å². The van der Waals surface area contributed by atoms with Crippen molar-refractivity contribution in [3.05, 3.63) is 0 Å². The predicted octanol–water partition coefficient (Wildman–Crippen LogP) is 1.69. The van der Waals surface area contributed by atoms with E-state index in [4.69, 9.17) is 0 Å². The van der Waals surface area contributed by atoms with Gasteiger partial charge in [0.2, 0.25) is 11.8 Å². The summed E-state index contributed by atoms with van der Waals surface area (Å²) in [6, 6.07) is -0.112. The van der Waals surface area contributed by atoms with Crippen LogP contribution in [0.25, 0.3) is 0 Å². The number of hydrogen-bond donors (Lipinski definition) is 1. The van der Waals surface area contributed by atoms with Crippen molar-refractivity contribution in [2.45, 2.75) is 71.5 Å². The standard InChI is InChI=1S/C14H24N2O2/c1-6-14(7-2)12(18)16(9(3)11(17)15-14)10-8-13(10,4)5/h9-10H,6-8H2,1-5H3,(H,15,17). The molecule has 0 aromatic carbocycles. The maximum absolute atomic E-state index is 12.7. The Morgan fingerprint density at radius 3 is 2.17 bits per heavy atom. The molecule has 0 spiro atoms. The lowest BCUT2D eigenvalue weighted by molar-refractivity contribution is -0.156. The summed E-state index contributed by atoms with van der Waals surface area (Å²) < 4.78 is 0. The van der Waals surface area contributed by atoms with E-state index in [1.54, 1.807) is 0 Å². The highest BCUT2D eigenvalue weighted by Gasteiger charge is 2.58. The van der Waals surface area contributed by atoms with Crippen LogP contribution in [0, 0.1) is 5.41 Å². The van der Waals surface area contributed by atoms with Crippen LogP contribution in [-0.4, -0.2) is 34.3 Å². The highest BCUT2D eigenvalue weighted by molar-refractivity contribution is 6.00. The van der Waals surface area contributed by atoms with Gasteiger partial charge in [-0.05, 0) is 31.6 Å². The molecule has 2 aliphatic rings. The van der Waals surface area contributed by atoms with Crippen LogP contribution in [0.4, 0.5) is 0 Å². The van der Waals surface area contributed by atoms with Crippen LogP contribution >= 0.6 is 0 Å². The smallest absolute Gasteiger partial charge is 0.249 e. The van der Waals surface area contributed by atoms with E-state index < -0.39 is 5.54 Å². The third-order valence-electron chi connectivity index (χ3n) is 4.81. The first-order chi connectivity index (χ1) is 8.29. The second-order valence-electron chi connectivity index (χ2n) is 6.38. The minimum Gasteiger partial charge on any atom is -0.340 e. The minimum atomic E-state index is -0.678. The predicted molar refractivity (Wildman–Crippen MR) is 69.9 cm³/mol. The second-order valence-corrected chi connectivity index (χ2v) is 6.38. The fraction of sp³-hybridized carbons (Fsp3) is 0.857. The van der Waals surface area contributed by atoms with E-state index in [-0.39, 0.29) is 29.3 Å². The van der Waals surface area contributed by atoms with E-state index in [1.165, 1.54) is 0 Å². The molecule has 2 fully saturated rings. The van der Waals surface area contributed by atoms with Gasteiger partial charge in [0.1, 0.15) is 11.6 Å². The van der Waals surface area contributed by atoms with E-state index in [2.05, 4.69) is 19.2 Å². The molecule has 1 saturated carbocycles. The van der Waals surface area contributed by atoms with Crippen LogP contribution < -0.4 is 5.32 Å². The van der Waals surface area contributed by atoms with E-state index in [1.807, 2.05) is 25.7 Å². The summed E-state index contributed by atoms with van der Waals surface area (Å²) in [6.07, 6.45) is 2.31. The summed E-state index contributed by atoms with van der Waals surface area (Å²) in [5, 5.41) is 2.94. The van der Waals surface area contributed by atoms with Gasteiger partial charge >= 0.3 is 0 Å². The molecule has 102 valence electrons. The third-order valence-corrected chi connectivity index (χ3v) is 4.81. The average Bonchev–Trinajstić information content (AvgIpc) is 2.93. The molecule has 18 heavy (non-hydrogen) atoms. The van der Waals surface area contributed by atoms with Gasteiger partial charge in [-0.1, -0.05) is 27.7 Å². The number of rotatable bonds is 3. The number of hydrogen-bond acceptors (Lipinski definition) is 2. The number of carbonyl (C=O) groups excluding carboxylic acids is 2. The van der Waals surface area contributed by atoms with Crippen molar-refractivity contribution in [1.82, 2.24) is 10.2 Å². The molecule has 4 nitrogen and oxygen atoms in total. The van der Waals surface area contributed by atoms with Gasteiger partial charge in [-0.15, -0.1) is 0 Å². The first-order valence-electron chi connectivity index (χ1n) is 6.94. The Bertz CT molecular complexity index is 385. The van der Waals surface area contributed by atoms with Gasteiger partial charge in [0.25, 0.3) is 0 Å². The molecule has 2 rings (SSSR count). The SMILES string of the molecule is CCC1(CC)NC(=O)C(C)N(C2CC2(C)C)C1=O. The normalized spacial score (nSPS) is 33.3. The molecular formula is C14H24N2O2. The molecule has 0 radical (unpaired) electrons. The zero-order valence-corrected chi connectivity index (χ0v) is 12.0. The van der Waals surface area contributed by atoms with E-state index in [0.717, 1.165) is 6.42 Å². The molecule has 4 heteroatoms. The van der Waals surface area contributed by atoms with Crippen molar-refractivity contribution in [2.24, 2.45) is 5.41 Å². The van der Waals surface area contributed by atoms with Crippen LogP contribution in [0.3, 0.4) is 0 Å². The lowest BCUT2D eigenvalue weighted by Gasteiger charge is -2.45. The molecule has 1 aliphatic carbocycles. The molecule has 0 bridgehead atoms. The summed E-state index contributed by atoms with van der Waals surface area (Å²) in [4.78, 5) is 26.7. The van der Waals surface area contributed by atoms with Crippen molar-refractivity contribution in [1.29, 1.82) is 0 Å². The maximum Gasteiger partial charge on any atom is 0.249 e. The monoisotopic (exact) mass is 252 g/mol.